The zero-order chi connectivity index (χ0) is 22.1. The van der Waals surface area contributed by atoms with Gasteiger partial charge >= 0.3 is 0 Å². The lowest BCUT2D eigenvalue weighted by Gasteiger charge is -2.42. The van der Waals surface area contributed by atoms with Crippen LogP contribution in [0.15, 0.2) is 143 Å². The molecule has 2 heteroatoms. The number of anilines is 2. The summed E-state index contributed by atoms with van der Waals surface area (Å²) in [6, 6.07) is 47.9. The molecule has 0 atom stereocenters. The molecule has 0 fully saturated rings. The minimum atomic E-state index is -0.395. The second-order valence-corrected chi connectivity index (χ2v) is 9.37. The minimum Gasteiger partial charge on any atom is -0.356 e. The normalized spacial score (nSPS) is 13.6. The molecule has 0 aliphatic carbocycles. The first-order valence-electron chi connectivity index (χ1n) is 11.2. The van der Waals surface area contributed by atoms with Gasteiger partial charge in [-0.1, -0.05) is 109 Å². The lowest BCUT2D eigenvalue weighted by Crippen LogP contribution is -2.34. The fourth-order valence-corrected chi connectivity index (χ4v) is 6.14. The Balaban J connectivity index is 1.66. The molecule has 0 saturated carbocycles. The second-order valence-electron chi connectivity index (χ2n) is 8.28. The summed E-state index contributed by atoms with van der Waals surface area (Å²) in [6.45, 7) is 0. The van der Waals surface area contributed by atoms with Crippen molar-refractivity contribution in [1.82, 2.24) is 0 Å². The Hall–Kier alpha value is -3.75. The van der Waals surface area contributed by atoms with Crippen molar-refractivity contribution < 1.29 is 0 Å². The van der Waals surface area contributed by atoms with Crippen molar-refractivity contribution in [1.29, 1.82) is 0 Å². The Kier molecular flexibility index (Phi) is 5.01. The van der Waals surface area contributed by atoms with Crippen LogP contribution in [0.3, 0.4) is 0 Å². The van der Waals surface area contributed by atoms with Crippen molar-refractivity contribution in [2.45, 2.75) is 15.2 Å². The van der Waals surface area contributed by atoms with Gasteiger partial charge in [-0.3, -0.25) is 0 Å². The molecule has 0 spiro atoms. The van der Waals surface area contributed by atoms with E-state index in [1.807, 2.05) is 17.8 Å². The van der Waals surface area contributed by atoms with E-state index < -0.39 is 5.41 Å². The molecule has 0 unspecified atom stereocenters. The van der Waals surface area contributed by atoms with Crippen LogP contribution >= 0.6 is 11.8 Å². The molecule has 1 aliphatic rings. The first-order chi connectivity index (χ1) is 16.4. The number of nitrogens with one attached hydrogen (secondary N) is 1. The molecule has 0 bridgehead atoms. The van der Waals surface area contributed by atoms with E-state index in [1.165, 1.54) is 32.0 Å². The monoisotopic (exact) mass is 441 g/mol. The van der Waals surface area contributed by atoms with Gasteiger partial charge in [0, 0.05) is 21.2 Å². The SMILES string of the molecule is c1ccc(Nc2ccc3c(c2)C(c2ccccc2)(c2ccccc2)c2ccccc2S3)cc1. The zero-order valence-corrected chi connectivity index (χ0v) is 18.9. The maximum Gasteiger partial charge on any atom is 0.0724 e. The van der Waals surface area contributed by atoms with Crippen molar-refractivity contribution in [2.24, 2.45) is 0 Å². The van der Waals surface area contributed by atoms with Gasteiger partial charge in [0.1, 0.15) is 0 Å². The summed E-state index contributed by atoms with van der Waals surface area (Å²) >= 11 is 1.86. The Bertz CT molecular complexity index is 1360. The first kappa shape index (κ1) is 19.9. The number of fused-ring (bicyclic) bond motifs is 2. The highest BCUT2D eigenvalue weighted by atomic mass is 32.2. The largest absolute Gasteiger partial charge is 0.356 e. The first-order valence-corrected chi connectivity index (χ1v) is 12.0. The van der Waals surface area contributed by atoms with Gasteiger partial charge < -0.3 is 5.32 Å². The molecule has 0 aromatic heterocycles. The third-order valence-corrected chi connectivity index (χ3v) is 7.52. The molecule has 158 valence electrons. The lowest BCUT2D eigenvalue weighted by molar-refractivity contribution is 0.703. The molecule has 1 aliphatic heterocycles. The molecule has 5 aromatic carbocycles. The quantitative estimate of drug-likeness (QED) is 0.295. The van der Waals surface area contributed by atoms with Gasteiger partial charge in [0.05, 0.1) is 5.41 Å². The van der Waals surface area contributed by atoms with Crippen molar-refractivity contribution >= 4 is 23.1 Å². The van der Waals surface area contributed by atoms with Crippen LogP contribution in [-0.4, -0.2) is 0 Å². The van der Waals surface area contributed by atoms with Crippen LogP contribution in [0, 0.1) is 0 Å². The molecule has 0 saturated heterocycles. The Labute approximate surface area is 199 Å². The highest BCUT2D eigenvalue weighted by Crippen LogP contribution is 2.56. The molecule has 5 aromatic rings. The number of rotatable bonds is 4. The smallest absolute Gasteiger partial charge is 0.0724 e. The number of hydrogen-bond donors (Lipinski definition) is 1. The third kappa shape index (κ3) is 3.35. The summed E-state index contributed by atoms with van der Waals surface area (Å²) in [5, 5.41) is 3.61. The summed E-state index contributed by atoms with van der Waals surface area (Å²) < 4.78 is 0. The molecular weight excluding hydrogens is 418 g/mol. The topological polar surface area (TPSA) is 12.0 Å². The number of benzene rings is 5. The third-order valence-electron chi connectivity index (χ3n) is 6.37. The van der Waals surface area contributed by atoms with E-state index in [9.17, 15) is 0 Å². The molecule has 1 nitrogen and oxygen atoms in total. The predicted molar refractivity (Wildman–Crippen MR) is 139 cm³/mol. The average molecular weight is 442 g/mol. The molecule has 6 rings (SSSR count). The van der Waals surface area contributed by atoms with E-state index in [4.69, 9.17) is 0 Å². The predicted octanol–water partition coefficient (Wildman–Crippen LogP) is 8.28. The van der Waals surface area contributed by atoms with Crippen LogP contribution in [-0.2, 0) is 5.41 Å². The Morgan fingerprint density at radius 1 is 0.455 bits per heavy atom. The maximum absolute atomic E-state index is 3.61. The second kappa shape index (κ2) is 8.31. The van der Waals surface area contributed by atoms with E-state index in [2.05, 4.69) is 133 Å². The van der Waals surface area contributed by atoms with E-state index >= 15 is 0 Å². The minimum absolute atomic E-state index is 0.395. The van der Waals surface area contributed by atoms with Crippen LogP contribution < -0.4 is 5.32 Å². The number of hydrogen-bond acceptors (Lipinski definition) is 2. The van der Waals surface area contributed by atoms with Crippen molar-refractivity contribution in [3.8, 4) is 0 Å². The van der Waals surface area contributed by atoms with E-state index in [1.54, 1.807) is 0 Å². The van der Waals surface area contributed by atoms with Crippen LogP contribution in [0.1, 0.15) is 22.3 Å². The standard InChI is InChI=1S/C31H23NS/c1-4-12-23(13-5-1)31(24-14-6-2-7-15-24)27-18-10-11-19-29(27)33-30-21-20-26(22-28(30)31)32-25-16-8-3-9-17-25/h1-22,32H. The number of para-hydroxylation sites is 1. The Morgan fingerprint density at radius 2 is 1.00 bits per heavy atom. The van der Waals surface area contributed by atoms with Crippen LogP contribution in [0.5, 0.6) is 0 Å². The summed E-state index contributed by atoms with van der Waals surface area (Å²) in [7, 11) is 0. The summed E-state index contributed by atoms with van der Waals surface area (Å²) in [5.74, 6) is 0. The van der Waals surface area contributed by atoms with Gasteiger partial charge in [0.25, 0.3) is 0 Å². The van der Waals surface area contributed by atoms with E-state index in [-0.39, 0.29) is 0 Å². The van der Waals surface area contributed by atoms with Gasteiger partial charge in [0.2, 0.25) is 0 Å². The fraction of sp³-hybridized carbons (Fsp3) is 0.0323. The summed E-state index contributed by atoms with van der Waals surface area (Å²) in [4.78, 5) is 2.60. The van der Waals surface area contributed by atoms with E-state index in [0.717, 1.165) is 11.4 Å². The fourth-order valence-electron chi connectivity index (χ4n) is 4.97. The van der Waals surface area contributed by atoms with Crippen LogP contribution in [0.4, 0.5) is 11.4 Å². The lowest BCUT2D eigenvalue weighted by atomic mass is 9.65. The molecule has 0 radical (unpaired) electrons. The van der Waals surface area contributed by atoms with Crippen LogP contribution in [0.2, 0.25) is 0 Å². The average Bonchev–Trinajstić information content (AvgIpc) is 2.89. The van der Waals surface area contributed by atoms with Gasteiger partial charge in [-0.15, -0.1) is 0 Å². The van der Waals surface area contributed by atoms with E-state index in [0.29, 0.717) is 0 Å². The van der Waals surface area contributed by atoms with Gasteiger partial charge in [-0.25, -0.2) is 0 Å². The highest BCUT2D eigenvalue weighted by molar-refractivity contribution is 7.99. The molecule has 0 amide bonds. The van der Waals surface area contributed by atoms with Gasteiger partial charge in [-0.2, -0.15) is 0 Å². The van der Waals surface area contributed by atoms with Gasteiger partial charge in [-0.05, 0) is 58.7 Å². The molecule has 33 heavy (non-hydrogen) atoms. The van der Waals surface area contributed by atoms with Crippen molar-refractivity contribution in [2.75, 3.05) is 5.32 Å². The van der Waals surface area contributed by atoms with Crippen molar-refractivity contribution in [3.63, 3.8) is 0 Å². The maximum atomic E-state index is 3.61. The van der Waals surface area contributed by atoms with Crippen LogP contribution in [0.25, 0.3) is 0 Å². The molecule has 1 heterocycles. The Morgan fingerprint density at radius 3 is 1.67 bits per heavy atom. The summed E-state index contributed by atoms with van der Waals surface area (Å²) in [6.07, 6.45) is 0. The van der Waals surface area contributed by atoms with Crippen molar-refractivity contribution in [3.05, 3.63) is 156 Å². The summed E-state index contributed by atoms with van der Waals surface area (Å²) in [5.41, 5.74) is 6.99. The molecule has 1 N–H and O–H groups in total. The zero-order valence-electron chi connectivity index (χ0n) is 18.1. The van der Waals surface area contributed by atoms with Gasteiger partial charge in [0.15, 0.2) is 0 Å². The highest BCUT2D eigenvalue weighted by Gasteiger charge is 2.44. The molecular formula is C31H23NS.